The van der Waals surface area contributed by atoms with E-state index < -0.39 is 47.9 Å². The molecule has 0 saturated heterocycles. The summed E-state index contributed by atoms with van der Waals surface area (Å²) < 4.78 is 0. The number of carboxylic acid groups (broad SMARTS) is 1. The fraction of sp³-hybridized carbons (Fsp3) is 0.464. The van der Waals surface area contributed by atoms with E-state index in [-0.39, 0.29) is 25.2 Å². The number of para-hydroxylation sites is 1. The molecule has 4 unspecified atom stereocenters. The van der Waals surface area contributed by atoms with Crippen LogP contribution in [0.4, 0.5) is 0 Å². The molecule has 0 aliphatic heterocycles. The van der Waals surface area contributed by atoms with E-state index in [1.807, 2.05) is 24.3 Å². The average molecular weight is 569 g/mol. The van der Waals surface area contributed by atoms with E-state index >= 15 is 0 Å². The number of nitrogens with one attached hydrogen (secondary N) is 5. The molecule has 0 spiro atoms. The number of benzene rings is 1. The highest BCUT2D eigenvalue weighted by Crippen LogP contribution is 2.19. The largest absolute Gasteiger partial charge is 0.480 e. The van der Waals surface area contributed by atoms with Gasteiger partial charge in [0.15, 0.2) is 0 Å². The van der Waals surface area contributed by atoms with Crippen molar-refractivity contribution in [3.8, 4) is 0 Å². The smallest absolute Gasteiger partial charge is 0.326 e. The Hall–Kier alpha value is -4.23. The Balaban J connectivity index is 1.74. The number of fused-ring (bicyclic) bond motifs is 1. The normalized spacial score (nSPS) is 14.3. The summed E-state index contributed by atoms with van der Waals surface area (Å²) in [5, 5.41) is 18.4. The first-order chi connectivity index (χ1) is 19.6. The maximum Gasteiger partial charge on any atom is 0.326 e. The van der Waals surface area contributed by atoms with Crippen LogP contribution >= 0.6 is 0 Å². The van der Waals surface area contributed by atoms with Gasteiger partial charge in [-0.2, -0.15) is 0 Å². The third-order valence-corrected chi connectivity index (χ3v) is 6.87. The van der Waals surface area contributed by atoms with Crippen LogP contribution < -0.4 is 27.4 Å². The van der Waals surface area contributed by atoms with Gasteiger partial charge in [0, 0.05) is 35.4 Å². The molecule has 3 aromatic rings. The molecule has 13 heteroatoms. The highest BCUT2D eigenvalue weighted by atomic mass is 16.4. The maximum absolute atomic E-state index is 13.5. The summed E-state index contributed by atoms with van der Waals surface area (Å²) in [6.45, 7) is 3.76. The fourth-order valence-electron chi connectivity index (χ4n) is 4.54. The first-order valence-corrected chi connectivity index (χ1v) is 13.7. The summed E-state index contributed by atoms with van der Waals surface area (Å²) >= 11 is 0. The minimum absolute atomic E-state index is 0.0677. The molecule has 2 aromatic heterocycles. The first-order valence-electron chi connectivity index (χ1n) is 13.7. The second kappa shape index (κ2) is 15.0. The molecular weight excluding hydrogens is 528 g/mol. The third kappa shape index (κ3) is 8.88. The van der Waals surface area contributed by atoms with Crippen molar-refractivity contribution >= 4 is 34.6 Å². The van der Waals surface area contributed by atoms with Crippen molar-refractivity contribution < 1.29 is 24.3 Å². The standard InChI is InChI=1S/C28H40N8O5/c1-16(2)24(28(40)41)36-26(38)22(9-5-6-10-29)34-27(39)23(12-18-14-31-15-33-18)35-25(37)20(30)11-17-13-32-21-8-4-3-7-19(17)21/h3-4,7-8,13-16,20,22-24,32H,5-6,9-12,29-30H2,1-2H3,(H,31,33)(H,34,39)(H,35,37)(H,36,38)(H,40,41). The van der Waals surface area contributed by atoms with Gasteiger partial charge in [-0.25, -0.2) is 9.78 Å². The Morgan fingerprint density at radius 2 is 1.66 bits per heavy atom. The van der Waals surface area contributed by atoms with Gasteiger partial charge in [-0.3, -0.25) is 14.4 Å². The van der Waals surface area contributed by atoms with Crippen LogP contribution in [0.3, 0.4) is 0 Å². The zero-order chi connectivity index (χ0) is 29.9. The predicted molar refractivity (Wildman–Crippen MR) is 153 cm³/mol. The van der Waals surface area contributed by atoms with Gasteiger partial charge in [-0.05, 0) is 49.8 Å². The fourth-order valence-corrected chi connectivity index (χ4v) is 4.54. The zero-order valence-electron chi connectivity index (χ0n) is 23.4. The van der Waals surface area contributed by atoms with E-state index in [4.69, 9.17) is 11.5 Å². The van der Waals surface area contributed by atoms with Gasteiger partial charge in [0.2, 0.25) is 17.7 Å². The van der Waals surface area contributed by atoms with Gasteiger partial charge in [0.05, 0.1) is 12.4 Å². The lowest BCUT2D eigenvalue weighted by Crippen LogP contribution is -2.58. The number of aromatic nitrogens is 3. The summed E-state index contributed by atoms with van der Waals surface area (Å²) in [5.41, 5.74) is 14.2. The Kier molecular flexibility index (Phi) is 11.4. The number of hydrogen-bond donors (Lipinski definition) is 8. The summed E-state index contributed by atoms with van der Waals surface area (Å²) in [7, 11) is 0. The lowest BCUT2D eigenvalue weighted by molar-refractivity contribution is -0.143. The van der Waals surface area contributed by atoms with Crippen LogP contribution in [0, 0.1) is 5.92 Å². The number of nitrogens with two attached hydrogens (primary N) is 2. The maximum atomic E-state index is 13.5. The van der Waals surface area contributed by atoms with E-state index in [0.29, 0.717) is 25.1 Å². The van der Waals surface area contributed by atoms with E-state index in [0.717, 1.165) is 16.5 Å². The molecule has 1 aromatic carbocycles. The summed E-state index contributed by atoms with van der Waals surface area (Å²) in [4.78, 5) is 61.5. The van der Waals surface area contributed by atoms with Crippen molar-refractivity contribution in [1.29, 1.82) is 0 Å². The number of carbonyl (C=O) groups is 4. The topological polar surface area (TPSA) is 221 Å². The monoisotopic (exact) mass is 568 g/mol. The van der Waals surface area contributed by atoms with Crippen LogP contribution in [-0.4, -0.2) is 74.5 Å². The SMILES string of the molecule is CC(C)C(NC(=O)C(CCCCN)NC(=O)C(Cc1cnc[nH]1)NC(=O)C(N)Cc1c[nH]c2ccccc12)C(=O)O. The van der Waals surface area contributed by atoms with Crippen LogP contribution in [-0.2, 0) is 32.0 Å². The molecule has 3 amide bonds. The first kappa shape index (κ1) is 31.3. The second-order valence-electron chi connectivity index (χ2n) is 10.4. The molecule has 4 atom stereocenters. The number of aliphatic carboxylic acids is 1. The van der Waals surface area contributed by atoms with Crippen molar-refractivity contribution in [2.45, 2.75) is 70.1 Å². The van der Waals surface area contributed by atoms with Gasteiger partial charge in [0.25, 0.3) is 0 Å². The molecule has 0 bridgehead atoms. The number of H-pyrrole nitrogens is 2. The van der Waals surface area contributed by atoms with Gasteiger partial charge < -0.3 is 42.5 Å². The number of hydrogen-bond acceptors (Lipinski definition) is 7. The molecular formula is C28H40N8O5. The van der Waals surface area contributed by atoms with Gasteiger partial charge in [-0.1, -0.05) is 32.0 Å². The highest BCUT2D eigenvalue weighted by Gasteiger charge is 2.31. The molecule has 0 aliphatic rings. The summed E-state index contributed by atoms with van der Waals surface area (Å²) in [6, 6.07) is 3.48. The van der Waals surface area contributed by atoms with Crippen LogP contribution in [0.2, 0.25) is 0 Å². The quantitative estimate of drug-likeness (QED) is 0.112. The second-order valence-corrected chi connectivity index (χ2v) is 10.4. The van der Waals surface area contributed by atoms with E-state index in [1.54, 1.807) is 20.0 Å². The number of carboxylic acids is 1. The molecule has 41 heavy (non-hydrogen) atoms. The minimum Gasteiger partial charge on any atom is -0.480 e. The van der Waals surface area contributed by atoms with E-state index in [1.165, 1.54) is 12.5 Å². The van der Waals surface area contributed by atoms with Crippen molar-refractivity contribution in [2.24, 2.45) is 17.4 Å². The average Bonchev–Trinajstić information content (AvgIpc) is 3.60. The van der Waals surface area contributed by atoms with Crippen LogP contribution in [0.25, 0.3) is 10.9 Å². The van der Waals surface area contributed by atoms with Crippen molar-refractivity contribution in [3.63, 3.8) is 0 Å². The van der Waals surface area contributed by atoms with E-state index in [2.05, 4.69) is 30.9 Å². The number of imidazole rings is 1. The Morgan fingerprint density at radius 1 is 0.951 bits per heavy atom. The molecule has 0 radical (unpaired) electrons. The molecule has 13 nitrogen and oxygen atoms in total. The van der Waals surface area contributed by atoms with Crippen LogP contribution in [0.5, 0.6) is 0 Å². The van der Waals surface area contributed by atoms with Crippen molar-refractivity contribution in [2.75, 3.05) is 6.54 Å². The molecule has 222 valence electrons. The Labute approximate surface area is 238 Å². The number of amides is 3. The third-order valence-electron chi connectivity index (χ3n) is 6.87. The minimum atomic E-state index is -1.17. The number of nitrogens with zero attached hydrogens (tertiary/aromatic N) is 1. The molecule has 0 fully saturated rings. The number of unbranched alkanes of at least 4 members (excludes halogenated alkanes) is 1. The molecule has 10 N–H and O–H groups in total. The molecule has 0 saturated carbocycles. The summed E-state index contributed by atoms with van der Waals surface area (Å²) in [6.07, 6.45) is 6.48. The lowest BCUT2D eigenvalue weighted by Gasteiger charge is -2.26. The Bertz CT molecular complexity index is 1310. The van der Waals surface area contributed by atoms with E-state index in [9.17, 15) is 24.3 Å². The lowest BCUT2D eigenvalue weighted by atomic mass is 10.0. The number of aromatic amines is 2. The molecule has 3 rings (SSSR count). The number of carbonyl (C=O) groups excluding carboxylic acids is 3. The zero-order valence-corrected chi connectivity index (χ0v) is 23.4. The van der Waals surface area contributed by atoms with Gasteiger partial charge in [0.1, 0.15) is 18.1 Å². The highest BCUT2D eigenvalue weighted by molar-refractivity contribution is 5.94. The van der Waals surface area contributed by atoms with Crippen LogP contribution in [0.15, 0.2) is 43.0 Å². The summed E-state index contributed by atoms with van der Waals surface area (Å²) in [5.74, 6) is -3.32. The Morgan fingerprint density at radius 3 is 2.32 bits per heavy atom. The van der Waals surface area contributed by atoms with Gasteiger partial charge >= 0.3 is 5.97 Å². The molecule has 2 heterocycles. The van der Waals surface area contributed by atoms with Crippen molar-refractivity contribution in [3.05, 3.63) is 54.2 Å². The van der Waals surface area contributed by atoms with Crippen molar-refractivity contribution in [1.82, 2.24) is 30.9 Å². The van der Waals surface area contributed by atoms with Gasteiger partial charge in [-0.15, -0.1) is 0 Å². The molecule has 0 aliphatic carbocycles. The van der Waals surface area contributed by atoms with Crippen LogP contribution in [0.1, 0.15) is 44.4 Å². The number of rotatable bonds is 16. The predicted octanol–water partition coefficient (Wildman–Crippen LogP) is 0.328.